The van der Waals surface area contributed by atoms with Gasteiger partial charge in [0.1, 0.15) is 0 Å². The SMILES string of the molecule is COC(=O)c1cc(Br)cc(N2CC(CCl)CC2=O)c1F. The van der Waals surface area contributed by atoms with Crippen LogP contribution < -0.4 is 4.90 Å². The third kappa shape index (κ3) is 2.81. The maximum absolute atomic E-state index is 14.4. The van der Waals surface area contributed by atoms with Crippen LogP contribution in [0.15, 0.2) is 16.6 Å². The Bertz CT molecular complexity index is 567. The number of carbonyl (C=O) groups excluding carboxylic acids is 2. The molecule has 0 spiro atoms. The number of benzene rings is 1. The minimum atomic E-state index is -0.786. The summed E-state index contributed by atoms with van der Waals surface area (Å²) in [7, 11) is 1.17. The zero-order valence-corrected chi connectivity index (χ0v) is 13.0. The number of hydrogen-bond donors (Lipinski definition) is 0. The van der Waals surface area contributed by atoms with E-state index < -0.39 is 11.8 Å². The molecule has 1 aliphatic rings. The molecule has 2 rings (SSSR count). The first-order chi connectivity index (χ1) is 9.47. The predicted octanol–water partition coefficient (Wildman–Crippen LogP) is 2.97. The van der Waals surface area contributed by atoms with Gasteiger partial charge in [-0.15, -0.1) is 11.6 Å². The molecule has 1 heterocycles. The van der Waals surface area contributed by atoms with Crippen molar-refractivity contribution in [3.63, 3.8) is 0 Å². The van der Waals surface area contributed by atoms with Crippen LogP contribution in [0.1, 0.15) is 16.8 Å². The number of amides is 1. The first-order valence-corrected chi connectivity index (χ1v) is 7.24. The Balaban J connectivity index is 2.44. The second kappa shape index (κ2) is 6.10. The van der Waals surface area contributed by atoms with Crippen molar-refractivity contribution in [2.45, 2.75) is 6.42 Å². The van der Waals surface area contributed by atoms with Crippen LogP contribution in [0.25, 0.3) is 0 Å². The summed E-state index contributed by atoms with van der Waals surface area (Å²) in [6.07, 6.45) is 0.281. The summed E-state index contributed by atoms with van der Waals surface area (Å²) in [5.41, 5.74) is -0.142. The zero-order valence-electron chi connectivity index (χ0n) is 10.7. The van der Waals surface area contributed by atoms with Gasteiger partial charge >= 0.3 is 5.97 Å². The molecule has 20 heavy (non-hydrogen) atoms. The number of halogens is 3. The van der Waals surface area contributed by atoms with Crippen molar-refractivity contribution in [3.05, 3.63) is 28.0 Å². The summed E-state index contributed by atoms with van der Waals surface area (Å²) in [5, 5.41) is 0. The molecule has 1 aliphatic heterocycles. The van der Waals surface area contributed by atoms with Gasteiger partial charge in [0.05, 0.1) is 18.4 Å². The smallest absolute Gasteiger partial charge is 0.340 e. The minimum absolute atomic E-state index is 0.0101. The molecule has 0 saturated carbocycles. The van der Waals surface area contributed by atoms with Crippen LogP contribution in [0.3, 0.4) is 0 Å². The van der Waals surface area contributed by atoms with Crippen molar-refractivity contribution in [2.75, 3.05) is 24.4 Å². The molecule has 1 saturated heterocycles. The Morgan fingerprint density at radius 1 is 1.60 bits per heavy atom. The van der Waals surface area contributed by atoms with Gasteiger partial charge < -0.3 is 9.64 Å². The third-order valence-electron chi connectivity index (χ3n) is 3.14. The van der Waals surface area contributed by atoms with E-state index in [0.29, 0.717) is 16.9 Å². The molecule has 108 valence electrons. The Hall–Kier alpha value is -1.14. The molecule has 1 atom stereocenters. The monoisotopic (exact) mass is 363 g/mol. The number of ether oxygens (including phenoxy) is 1. The van der Waals surface area contributed by atoms with E-state index in [0.717, 1.165) is 0 Å². The molecule has 1 fully saturated rings. The van der Waals surface area contributed by atoms with Crippen LogP contribution in [0.2, 0.25) is 0 Å². The maximum atomic E-state index is 14.4. The van der Waals surface area contributed by atoms with Crippen molar-refractivity contribution in [1.82, 2.24) is 0 Å². The first kappa shape index (κ1) is 15.3. The highest BCUT2D eigenvalue weighted by atomic mass is 79.9. The summed E-state index contributed by atoms with van der Waals surface area (Å²) in [6, 6.07) is 2.79. The first-order valence-electron chi connectivity index (χ1n) is 5.91. The lowest BCUT2D eigenvalue weighted by Gasteiger charge is -2.19. The molecule has 1 aromatic carbocycles. The number of hydrogen-bond acceptors (Lipinski definition) is 3. The molecule has 0 bridgehead atoms. The molecule has 1 aromatic rings. The van der Waals surface area contributed by atoms with Crippen LogP contribution in [-0.4, -0.2) is 31.4 Å². The van der Waals surface area contributed by atoms with E-state index >= 15 is 0 Å². The van der Waals surface area contributed by atoms with Crippen molar-refractivity contribution in [2.24, 2.45) is 5.92 Å². The summed E-state index contributed by atoms with van der Waals surface area (Å²) in [6.45, 7) is 0.344. The number of nitrogens with zero attached hydrogens (tertiary/aromatic N) is 1. The quantitative estimate of drug-likeness (QED) is 0.612. The van der Waals surface area contributed by atoms with Gasteiger partial charge in [0.15, 0.2) is 5.82 Å². The normalized spacial score (nSPS) is 18.5. The number of esters is 1. The second-order valence-corrected chi connectivity index (χ2v) is 5.73. The van der Waals surface area contributed by atoms with Crippen molar-refractivity contribution in [3.8, 4) is 0 Å². The number of carbonyl (C=O) groups is 2. The standard InChI is InChI=1S/C13H12BrClFNO3/c1-20-13(19)9-3-8(14)4-10(12(9)16)17-6-7(5-15)2-11(17)18/h3-4,7H,2,5-6H2,1H3. The van der Waals surface area contributed by atoms with E-state index in [2.05, 4.69) is 20.7 Å². The van der Waals surface area contributed by atoms with Crippen LogP contribution in [0.5, 0.6) is 0 Å². The van der Waals surface area contributed by atoms with Gasteiger partial charge in [-0.3, -0.25) is 4.79 Å². The summed E-state index contributed by atoms with van der Waals surface area (Å²) in [4.78, 5) is 24.8. The van der Waals surface area contributed by atoms with E-state index in [1.165, 1.54) is 24.1 Å². The number of alkyl halides is 1. The molecule has 1 amide bonds. The zero-order chi connectivity index (χ0) is 14.9. The number of rotatable bonds is 3. The fourth-order valence-electron chi connectivity index (χ4n) is 2.15. The molecule has 0 N–H and O–H groups in total. The molecule has 1 unspecified atom stereocenters. The molecule has 0 aromatic heterocycles. The van der Waals surface area contributed by atoms with Crippen LogP contribution >= 0.6 is 27.5 Å². The summed E-state index contributed by atoms with van der Waals surface area (Å²) < 4.78 is 19.4. The molecule has 0 radical (unpaired) electrons. The van der Waals surface area contributed by atoms with Gasteiger partial charge in [-0.25, -0.2) is 9.18 Å². The molecular weight excluding hydrogens is 353 g/mol. The molecular formula is C13H12BrClFNO3. The highest BCUT2D eigenvalue weighted by Gasteiger charge is 2.33. The van der Waals surface area contributed by atoms with Gasteiger partial charge in [-0.2, -0.15) is 0 Å². The van der Waals surface area contributed by atoms with Crippen molar-refractivity contribution in [1.29, 1.82) is 0 Å². The van der Waals surface area contributed by atoms with Crippen molar-refractivity contribution < 1.29 is 18.7 Å². The van der Waals surface area contributed by atoms with E-state index in [9.17, 15) is 14.0 Å². The Kier molecular flexibility index (Phi) is 4.65. The van der Waals surface area contributed by atoms with Gasteiger partial charge in [0.25, 0.3) is 0 Å². The van der Waals surface area contributed by atoms with E-state index in [1.54, 1.807) is 0 Å². The third-order valence-corrected chi connectivity index (χ3v) is 4.03. The maximum Gasteiger partial charge on any atom is 0.340 e. The average molecular weight is 365 g/mol. The Morgan fingerprint density at radius 2 is 2.30 bits per heavy atom. The fourth-order valence-corrected chi connectivity index (χ4v) is 2.80. The summed E-state index contributed by atoms with van der Waals surface area (Å²) in [5.74, 6) is -1.43. The number of methoxy groups -OCH3 is 1. The topological polar surface area (TPSA) is 46.6 Å². The Labute approximate surface area is 129 Å². The predicted molar refractivity (Wildman–Crippen MR) is 76.6 cm³/mol. The van der Waals surface area contributed by atoms with Crippen molar-refractivity contribution >= 4 is 45.1 Å². The molecule has 0 aliphatic carbocycles. The van der Waals surface area contributed by atoms with E-state index in [1.807, 2.05) is 0 Å². The minimum Gasteiger partial charge on any atom is -0.465 e. The summed E-state index contributed by atoms with van der Waals surface area (Å²) >= 11 is 8.95. The van der Waals surface area contributed by atoms with Gasteiger partial charge in [0.2, 0.25) is 5.91 Å². The van der Waals surface area contributed by atoms with Gasteiger partial charge in [0, 0.05) is 23.3 Å². The lowest BCUT2D eigenvalue weighted by molar-refractivity contribution is -0.117. The second-order valence-electron chi connectivity index (χ2n) is 4.51. The van der Waals surface area contributed by atoms with Gasteiger partial charge in [-0.1, -0.05) is 15.9 Å². The Morgan fingerprint density at radius 3 is 2.85 bits per heavy atom. The van der Waals surface area contributed by atoms with E-state index in [-0.39, 0.29) is 29.5 Å². The highest BCUT2D eigenvalue weighted by Crippen LogP contribution is 2.32. The van der Waals surface area contributed by atoms with Crippen LogP contribution in [0.4, 0.5) is 10.1 Å². The molecule has 4 nitrogen and oxygen atoms in total. The van der Waals surface area contributed by atoms with E-state index in [4.69, 9.17) is 11.6 Å². The van der Waals surface area contributed by atoms with Crippen LogP contribution in [-0.2, 0) is 9.53 Å². The van der Waals surface area contributed by atoms with Gasteiger partial charge in [-0.05, 0) is 18.1 Å². The fraction of sp³-hybridized carbons (Fsp3) is 0.385. The molecule has 7 heteroatoms. The van der Waals surface area contributed by atoms with Crippen LogP contribution in [0, 0.1) is 11.7 Å². The average Bonchev–Trinajstić information content (AvgIpc) is 2.81. The largest absolute Gasteiger partial charge is 0.465 e. The lowest BCUT2D eigenvalue weighted by Crippen LogP contribution is -2.26. The highest BCUT2D eigenvalue weighted by molar-refractivity contribution is 9.10. The number of anilines is 1. The lowest BCUT2D eigenvalue weighted by atomic mass is 10.1.